The molecule has 1 spiro atoms. The summed E-state index contributed by atoms with van der Waals surface area (Å²) in [6.07, 6.45) is 3.81. The minimum absolute atomic E-state index is 0.0415. The number of rotatable bonds is 2. The predicted octanol–water partition coefficient (Wildman–Crippen LogP) is 6.56. The lowest BCUT2D eigenvalue weighted by Crippen LogP contribution is -2.57. The van der Waals surface area contributed by atoms with E-state index in [4.69, 9.17) is 9.47 Å². The molecule has 41 heavy (non-hydrogen) atoms. The van der Waals surface area contributed by atoms with Gasteiger partial charge in [0.1, 0.15) is 6.10 Å². The number of piperidine rings is 1. The number of alkyl halides is 3. The summed E-state index contributed by atoms with van der Waals surface area (Å²) in [5.74, 6) is -0.450. The zero-order valence-electron chi connectivity index (χ0n) is 25.0. The van der Waals surface area contributed by atoms with Gasteiger partial charge in [-0.15, -0.1) is 0 Å². The Balaban J connectivity index is 1.26. The highest BCUT2D eigenvalue weighted by molar-refractivity contribution is 5.82. The van der Waals surface area contributed by atoms with Gasteiger partial charge < -0.3 is 19.7 Å². The monoisotopic (exact) mass is 578 g/mol. The van der Waals surface area contributed by atoms with E-state index in [2.05, 4.69) is 25.2 Å². The average Bonchev–Trinajstić information content (AvgIpc) is 3.42. The van der Waals surface area contributed by atoms with Crippen LogP contribution in [0.2, 0.25) is 0 Å². The largest absolute Gasteiger partial charge is 0.471 e. The first kappa shape index (κ1) is 29.1. The third kappa shape index (κ3) is 4.46. The molecule has 2 saturated heterocycles. The number of halogens is 3. The van der Waals surface area contributed by atoms with Crippen molar-refractivity contribution in [2.24, 2.45) is 35.0 Å². The minimum Gasteiger partial charge on any atom is -0.446 e. The zero-order valence-corrected chi connectivity index (χ0v) is 25.0. The molecule has 0 aromatic carbocycles. The third-order valence-corrected chi connectivity index (χ3v) is 12.1. The van der Waals surface area contributed by atoms with Crippen LogP contribution in [-0.2, 0) is 14.3 Å². The van der Waals surface area contributed by atoms with Crippen LogP contribution in [0.4, 0.5) is 18.0 Å². The molecule has 0 aromatic rings. The molecule has 6 nitrogen and oxygen atoms in total. The number of hydrogen-bond acceptors (Lipinski definition) is 4. The Hall–Kier alpha value is -2.03. The SMILES string of the molecule is CCNC(=O)O[C@H]1CC[C@@]2(C)C(=CC[C@H]3[C@@H]4CC[C@]5(O[C@@H]6C[C@H](C)CN(C(=O)C(F)(F)F)[C@H]6[C@H]5C)C(C)=C4C[C@@H]32)C1. The summed E-state index contributed by atoms with van der Waals surface area (Å²) in [4.78, 5) is 25.7. The van der Waals surface area contributed by atoms with Gasteiger partial charge in [-0.3, -0.25) is 4.79 Å². The lowest BCUT2D eigenvalue weighted by Gasteiger charge is -2.49. The standard InChI is InChI=1S/C32H45F3N2O4/c1-6-36-29(39)40-21-9-11-30(5)20(14-21)7-8-23-22-10-12-31(18(3)24(22)15-25(23)30)19(4)27-26(41-31)13-17(2)16-37(27)28(38)32(33,34)35/h7,17,19,21-23,25-27H,6,8-16H2,1-5H3,(H,36,39)/t17-,19+,21-,22-,23-,25-,26+,27-,30-,31-/m0/s1. The highest BCUT2D eigenvalue weighted by atomic mass is 19.4. The second kappa shape index (κ2) is 10.0. The van der Waals surface area contributed by atoms with Crippen LogP contribution in [0.25, 0.3) is 0 Å². The molecule has 4 aliphatic carbocycles. The second-order valence-corrected chi connectivity index (χ2v) is 14.1. The number of nitrogens with one attached hydrogen (secondary N) is 1. The Bertz CT molecular complexity index is 1170. The van der Waals surface area contributed by atoms with Gasteiger partial charge in [0.25, 0.3) is 0 Å². The fourth-order valence-corrected chi connectivity index (χ4v) is 10.1. The van der Waals surface area contributed by atoms with Crippen LogP contribution in [0.1, 0.15) is 86.0 Å². The van der Waals surface area contributed by atoms with Crippen LogP contribution >= 0.6 is 0 Å². The number of carbonyl (C=O) groups is 2. The lowest BCUT2D eigenvalue weighted by molar-refractivity contribution is -0.192. The highest BCUT2D eigenvalue weighted by Gasteiger charge is 2.63. The summed E-state index contributed by atoms with van der Waals surface area (Å²) in [6.45, 7) is 11.0. The number of hydrogen-bond donors (Lipinski definition) is 1. The smallest absolute Gasteiger partial charge is 0.446 e. The number of allylic oxidation sites excluding steroid dienone is 2. The quantitative estimate of drug-likeness (QED) is 0.377. The van der Waals surface area contributed by atoms with Gasteiger partial charge in [-0.25, -0.2) is 4.79 Å². The summed E-state index contributed by atoms with van der Waals surface area (Å²) in [5.41, 5.74) is 3.53. The number of alkyl carbamates (subject to hydrolysis) is 1. The molecule has 0 aromatic heterocycles. The van der Waals surface area contributed by atoms with E-state index in [1.165, 1.54) is 16.7 Å². The van der Waals surface area contributed by atoms with Gasteiger partial charge in [0.05, 0.1) is 17.7 Å². The Morgan fingerprint density at radius 2 is 1.95 bits per heavy atom. The van der Waals surface area contributed by atoms with Gasteiger partial charge in [0.2, 0.25) is 0 Å². The molecule has 0 bridgehead atoms. The Morgan fingerprint density at radius 1 is 1.20 bits per heavy atom. The first-order valence-corrected chi connectivity index (χ1v) is 15.7. The molecule has 1 N–H and O–H groups in total. The fraction of sp³-hybridized carbons (Fsp3) is 0.812. The summed E-state index contributed by atoms with van der Waals surface area (Å²) in [6, 6.07) is -0.554. The van der Waals surface area contributed by atoms with Gasteiger partial charge >= 0.3 is 18.2 Å². The van der Waals surface area contributed by atoms with Gasteiger partial charge in [0, 0.05) is 25.4 Å². The van der Waals surface area contributed by atoms with Crippen molar-refractivity contribution in [3.63, 3.8) is 0 Å². The zero-order chi connectivity index (χ0) is 29.5. The van der Waals surface area contributed by atoms with Crippen molar-refractivity contribution in [1.29, 1.82) is 0 Å². The first-order valence-electron chi connectivity index (χ1n) is 15.7. The van der Waals surface area contributed by atoms with Gasteiger partial charge in [-0.05, 0) is 93.5 Å². The van der Waals surface area contributed by atoms with Crippen molar-refractivity contribution in [3.8, 4) is 0 Å². The Morgan fingerprint density at radius 3 is 2.66 bits per heavy atom. The predicted molar refractivity (Wildman–Crippen MR) is 148 cm³/mol. The number of fused-ring (bicyclic) bond motifs is 6. The van der Waals surface area contributed by atoms with Gasteiger partial charge in [-0.2, -0.15) is 13.2 Å². The lowest BCUT2D eigenvalue weighted by atomic mass is 9.56. The molecule has 2 saturated carbocycles. The second-order valence-electron chi connectivity index (χ2n) is 14.1. The van der Waals surface area contributed by atoms with Gasteiger partial charge in [0.15, 0.2) is 0 Å². The van der Waals surface area contributed by atoms with E-state index in [1.807, 2.05) is 20.8 Å². The number of amides is 2. The van der Waals surface area contributed by atoms with Crippen LogP contribution in [0.15, 0.2) is 22.8 Å². The minimum atomic E-state index is -4.88. The molecule has 10 atom stereocenters. The Kier molecular flexibility index (Phi) is 7.10. The molecule has 4 fully saturated rings. The topological polar surface area (TPSA) is 67.9 Å². The fourth-order valence-electron chi connectivity index (χ4n) is 10.1. The van der Waals surface area contributed by atoms with E-state index in [1.54, 1.807) is 0 Å². The van der Waals surface area contributed by atoms with Crippen LogP contribution in [0.3, 0.4) is 0 Å². The number of carbonyl (C=O) groups excluding carboxylic acids is 2. The molecule has 6 aliphatic rings. The number of likely N-dealkylation sites (tertiary alicyclic amines) is 1. The van der Waals surface area contributed by atoms with Gasteiger partial charge in [-0.1, -0.05) is 38.0 Å². The van der Waals surface area contributed by atoms with E-state index in [0.717, 1.165) is 49.8 Å². The maximum Gasteiger partial charge on any atom is 0.471 e. The highest BCUT2D eigenvalue weighted by Crippen LogP contribution is 2.65. The molecule has 228 valence electrons. The van der Waals surface area contributed by atoms with Crippen molar-refractivity contribution in [3.05, 3.63) is 22.8 Å². The summed E-state index contributed by atoms with van der Waals surface area (Å²) < 4.78 is 53.4. The van der Waals surface area contributed by atoms with Crippen LogP contribution in [0.5, 0.6) is 0 Å². The van der Waals surface area contributed by atoms with Crippen molar-refractivity contribution in [2.45, 2.75) is 116 Å². The summed E-state index contributed by atoms with van der Waals surface area (Å²) in [7, 11) is 0. The molecule has 9 heteroatoms. The maximum absolute atomic E-state index is 13.6. The van der Waals surface area contributed by atoms with Crippen LogP contribution in [-0.4, -0.2) is 60.0 Å². The molecule has 0 radical (unpaired) electrons. The van der Waals surface area contributed by atoms with Crippen molar-refractivity contribution in [2.75, 3.05) is 13.1 Å². The van der Waals surface area contributed by atoms with E-state index >= 15 is 0 Å². The van der Waals surface area contributed by atoms with E-state index in [9.17, 15) is 22.8 Å². The molecule has 2 heterocycles. The average molecular weight is 579 g/mol. The summed E-state index contributed by atoms with van der Waals surface area (Å²) >= 11 is 0. The van der Waals surface area contributed by atoms with Crippen LogP contribution < -0.4 is 5.32 Å². The maximum atomic E-state index is 13.6. The van der Waals surface area contributed by atoms with Crippen molar-refractivity contribution < 1.29 is 32.2 Å². The molecular weight excluding hydrogens is 533 g/mol. The number of ether oxygens (including phenoxy) is 2. The van der Waals surface area contributed by atoms with E-state index in [-0.39, 0.29) is 42.1 Å². The number of nitrogens with zero attached hydrogens (tertiary/aromatic N) is 1. The molecule has 0 unspecified atom stereocenters. The molecule has 2 aliphatic heterocycles. The summed E-state index contributed by atoms with van der Waals surface area (Å²) in [5, 5.41) is 2.74. The van der Waals surface area contributed by atoms with Crippen molar-refractivity contribution in [1.82, 2.24) is 10.2 Å². The van der Waals surface area contributed by atoms with E-state index in [0.29, 0.717) is 30.7 Å². The van der Waals surface area contributed by atoms with E-state index < -0.39 is 23.7 Å². The Labute approximate surface area is 241 Å². The normalized spacial score (nSPS) is 43.6. The van der Waals surface area contributed by atoms with Crippen LogP contribution in [0, 0.1) is 35.0 Å². The molecular formula is C32H45F3N2O4. The first-order chi connectivity index (χ1) is 19.3. The third-order valence-electron chi connectivity index (χ3n) is 12.1. The van der Waals surface area contributed by atoms with Crippen molar-refractivity contribution >= 4 is 12.0 Å². The molecule has 2 amide bonds. The molecule has 6 rings (SSSR count).